The maximum absolute atomic E-state index is 12.6. The van der Waals surface area contributed by atoms with Crippen molar-refractivity contribution in [2.45, 2.75) is 35.8 Å². The molecular formula is C19H20ClN3O3S2. The molecule has 0 bridgehead atoms. The third-order valence-electron chi connectivity index (χ3n) is 4.75. The number of furan rings is 1. The first-order chi connectivity index (χ1) is 13.5. The van der Waals surface area contributed by atoms with Crippen LogP contribution in [-0.2, 0) is 15.8 Å². The van der Waals surface area contributed by atoms with Crippen LogP contribution in [0.4, 0.5) is 0 Å². The van der Waals surface area contributed by atoms with Gasteiger partial charge in [-0.1, -0.05) is 29.4 Å². The van der Waals surface area contributed by atoms with Crippen molar-refractivity contribution in [3.8, 4) is 5.69 Å². The van der Waals surface area contributed by atoms with E-state index in [4.69, 9.17) is 16.0 Å². The standard InChI is InChI=1S/C19H20ClN3O3S2/c1-14-16(20)5-4-6-17(14)23-12-9-21-19(23)27-13-15-7-8-18(26-15)28(24,25)22-10-2-3-11-22/h4-9,12H,2-3,10-11,13H2,1H3. The van der Waals surface area contributed by atoms with E-state index in [0.29, 0.717) is 29.6 Å². The summed E-state index contributed by atoms with van der Waals surface area (Å²) in [7, 11) is -3.53. The molecule has 0 unspecified atom stereocenters. The van der Waals surface area contributed by atoms with Gasteiger partial charge in [-0.15, -0.1) is 0 Å². The normalized spacial score (nSPS) is 15.4. The van der Waals surface area contributed by atoms with Gasteiger partial charge < -0.3 is 4.42 Å². The fourth-order valence-electron chi connectivity index (χ4n) is 3.20. The van der Waals surface area contributed by atoms with Gasteiger partial charge in [0, 0.05) is 30.5 Å². The van der Waals surface area contributed by atoms with Gasteiger partial charge in [0.15, 0.2) is 5.16 Å². The van der Waals surface area contributed by atoms with Gasteiger partial charge in [0.05, 0.1) is 11.4 Å². The quantitative estimate of drug-likeness (QED) is 0.531. The molecular weight excluding hydrogens is 418 g/mol. The molecule has 1 aliphatic heterocycles. The summed E-state index contributed by atoms with van der Waals surface area (Å²) in [5.74, 6) is 1.08. The second kappa shape index (κ2) is 7.94. The van der Waals surface area contributed by atoms with Gasteiger partial charge in [-0.2, -0.15) is 4.31 Å². The van der Waals surface area contributed by atoms with E-state index >= 15 is 0 Å². The first-order valence-electron chi connectivity index (χ1n) is 8.97. The minimum Gasteiger partial charge on any atom is -0.447 e. The molecule has 0 N–H and O–H groups in total. The average Bonchev–Trinajstić information content (AvgIpc) is 3.43. The minimum atomic E-state index is -3.53. The largest absolute Gasteiger partial charge is 0.447 e. The third-order valence-corrected chi connectivity index (χ3v) is 7.92. The van der Waals surface area contributed by atoms with Gasteiger partial charge in [0.25, 0.3) is 10.0 Å². The molecule has 0 aliphatic carbocycles. The van der Waals surface area contributed by atoms with E-state index in [9.17, 15) is 8.42 Å². The summed E-state index contributed by atoms with van der Waals surface area (Å²) in [6, 6.07) is 9.00. The fourth-order valence-corrected chi connectivity index (χ4v) is 5.68. The molecule has 148 valence electrons. The number of nitrogens with zero attached hydrogens (tertiary/aromatic N) is 3. The Kier molecular flexibility index (Phi) is 5.55. The number of hydrogen-bond acceptors (Lipinski definition) is 5. The van der Waals surface area contributed by atoms with E-state index in [2.05, 4.69) is 4.98 Å². The highest BCUT2D eigenvalue weighted by Gasteiger charge is 2.30. The highest BCUT2D eigenvalue weighted by Crippen LogP contribution is 2.30. The molecule has 2 aromatic heterocycles. The number of aromatic nitrogens is 2. The van der Waals surface area contributed by atoms with E-state index in [1.165, 1.54) is 22.1 Å². The van der Waals surface area contributed by atoms with E-state index in [-0.39, 0.29) is 5.09 Å². The number of sulfonamides is 1. The molecule has 1 aliphatic rings. The maximum Gasteiger partial charge on any atom is 0.276 e. The lowest BCUT2D eigenvalue weighted by atomic mass is 10.2. The van der Waals surface area contributed by atoms with Gasteiger partial charge in [0.1, 0.15) is 5.76 Å². The van der Waals surface area contributed by atoms with Crippen LogP contribution in [0, 0.1) is 6.92 Å². The summed E-state index contributed by atoms with van der Waals surface area (Å²) in [5.41, 5.74) is 1.94. The number of rotatable bonds is 6. The molecule has 0 radical (unpaired) electrons. The lowest BCUT2D eigenvalue weighted by molar-refractivity contribution is 0.397. The number of hydrogen-bond donors (Lipinski definition) is 0. The molecule has 0 saturated carbocycles. The zero-order valence-electron chi connectivity index (χ0n) is 15.3. The molecule has 9 heteroatoms. The van der Waals surface area contributed by atoms with Crippen LogP contribution in [0.25, 0.3) is 5.69 Å². The van der Waals surface area contributed by atoms with Crippen molar-refractivity contribution < 1.29 is 12.8 Å². The average molecular weight is 438 g/mol. The van der Waals surface area contributed by atoms with Crippen molar-refractivity contribution in [2.24, 2.45) is 0 Å². The smallest absolute Gasteiger partial charge is 0.276 e. The minimum absolute atomic E-state index is 0.0130. The van der Waals surface area contributed by atoms with Gasteiger partial charge in [-0.05, 0) is 49.6 Å². The molecule has 6 nitrogen and oxygen atoms in total. The van der Waals surface area contributed by atoms with Crippen LogP contribution in [0.5, 0.6) is 0 Å². The number of benzene rings is 1. The van der Waals surface area contributed by atoms with Crippen molar-refractivity contribution in [2.75, 3.05) is 13.1 Å². The van der Waals surface area contributed by atoms with Crippen LogP contribution in [0.2, 0.25) is 5.02 Å². The van der Waals surface area contributed by atoms with E-state index in [0.717, 1.165) is 29.2 Å². The second-order valence-corrected chi connectivity index (χ2v) is 9.80. The zero-order chi connectivity index (χ0) is 19.7. The molecule has 4 rings (SSSR count). The lowest BCUT2D eigenvalue weighted by Gasteiger charge is -2.12. The summed E-state index contributed by atoms with van der Waals surface area (Å²) in [5, 5.41) is 1.50. The Morgan fingerprint density at radius 1 is 1.21 bits per heavy atom. The van der Waals surface area contributed by atoms with Crippen molar-refractivity contribution in [1.82, 2.24) is 13.9 Å². The predicted molar refractivity (Wildman–Crippen MR) is 110 cm³/mol. The summed E-state index contributed by atoms with van der Waals surface area (Å²) < 4.78 is 34.3. The van der Waals surface area contributed by atoms with Crippen LogP contribution < -0.4 is 0 Å². The molecule has 0 amide bonds. The fraction of sp³-hybridized carbons (Fsp3) is 0.316. The molecule has 0 spiro atoms. The summed E-state index contributed by atoms with van der Waals surface area (Å²) in [4.78, 5) is 4.41. The van der Waals surface area contributed by atoms with Crippen molar-refractivity contribution >= 4 is 33.4 Å². The van der Waals surface area contributed by atoms with Gasteiger partial charge in [-0.25, -0.2) is 13.4 Å². The SMILES string of the molecule is Cc1c(Cl)cccc1-n1ccnc1SCc1ccc(S(=O)(=O)N2CCCC2)o1. The molecule has 0 atom stereocenters. The second-order valence-electron chi connectivity index (χ2n) is 6.58. The Balaban J connectivity index is 1.50. The highest BCUT2D eigenvalue weighted by molar-refractivity contribution is 7.98. The van der Waals surface area contributed by atoms with Crippen LogP contribution in [0.1, 0.15) is 24.2 Å². The molecule has 1 saturated heterocycles. The molecule has 1 aromatic carbocycles. The predicted octanol–water partition coefficient (Wildman–Crippen LogP) is 4.50. The summed E-state index contributed by atoms with van der Waals surface area (Å²) >= 11 is 7.72. The molecule has 1 fully saturated rings. The van der Waals surface area contributed by atoms with E-state index in [1.54, 1.807) is 12.3 Å². The van der Waals surface area contributed by atoms with Crippen LogP contribution in [0.15, 0.2) is 57.4 Å². The third kappa shape index (κ3) is 3.74. The lowest BCUT2D eigenvalue weighted by Crippen LogP contribution is -2.27. The Labute approximate surface area is 173 Å². The van der Waals surface area contributed by atoms with Gasteiger partial charge >= 0.3 is 0 Å². The van der Waals surface area contributed by atoms with Gasteiger partial charge in [-0.3, -0.25) is 4.57 Å². The van der Waals surface area contributed by atoms with E-state index in [1.807, 2.05) is 35.9 Å². The van der Waals surface area contributed by atoms with Crippen LogP contribution in [0.3, 0.4) is 0 Å². The molecule has 28 heavy (non-hydrogen) atoms. The van der Waals surface area contributed by atoms with Crippen LogP contribution in [-0.4, -0.2) is 35.4 Å². The zero-order valence-corrected chi connectivity index (χ0v) is 17.7. The first-order valence-corrected chi connectivity index (χ1v) is 11.8. The topological polar surface area (TPSA) is 68.3 Å². The van der Waals surface area contributed by atoms with Crippen molar-refractivity contribution in [3.63, 3.8) is 0 Å². The molecule has 3 aromatic rings. The Hall–Kier alpha value is -1.74. The summed E-state index contributed by atoms with van der Waals surface area (Å²) in [6.07, 6.45) is 5.41. The van der Waals surface area contributed by atoms with Crippen molar-refractivity contribution in [1.29, 1.82) is 0 Å². The van der Waals surface area contributed by atoms with Crippen LogP contribution >= 0.6 is 23.4 Å². The number of imidazole rings is 1. The summed E-state index contributed by atoms with van der Waals surface area (Å²) in [6.45, 7) is 3.08. The first kappa shape index (κ1) is 19.6. The number of halogens is 1. The van der Waals surface area contributed by atoms with Gasteiger partial charge in [0.2, 0.25) is 5.09 Å². The maximum atomic E-state index is 12.6. The van der Waals surface area contributed by atoms with Crippen molar-refractivity contribution in [3.05, 3.63) is 59.1 Å². The monoisotopic (exact) mass is 437 g/mol. The number of thioether (sulfide) groups is 1. The highest BCUT2D eigenvalue weighted by atomic mass is 35.5. The Bertz CT molecular complexity index is 1090. The molecule has 3 heterocycles. The Morgan fingerprint density at radius 2 is 2.00 bits per heavy atom. The van der Waals surface area contributed by atoms with E-state index < -0.39 is 10.0 Å². The Morgan fingerprint density at radius 3 is 2.79 bits per heavy atom.